The van der Waals surface area contributed by atoms with Gasteiger partial charge in [-0.05, 0) is 31.9 Å². The van der Waals surface area contributed by atoms with E-state index in [1.807, 2.05) is 6.92 Å². The number of rotatable bonds is 3. The lowest BCUT2D eigenvalue weighted by atomic mass is 9.93. The Morgan fingerprint density at radius 2 is 2.11 bits per heavy atom. The maximum Gasteiger partial charge on any atom is 0.275 e. The first-order chi connectivity index (χ1) is 8.87. The molecule has 0 saturated carbocycles. The summed E-state index contributed by atoms with van der Waals surface area (Å²) in [5.41, 5.74) is 0.114. The number of benzene rings is 1. The molecule has 1 aliphatic rings. The highest BCUT2D eigenvalue weighted by atomic mass is 35.5. The number of halogens is 1. The van der Waals surface area contributed by atoms with Crippen LogP contribution in [0.5, 0.6) is 0 Å². The van der Waals surface area contributed by atoms with Crippen molar-refractivity contribution in [1.29, 1.82) is 0 Å². The first-order valence-corrected chi connectivity index (χ1v) is 6.63. The molecule has 1 aromatic rings. The van der Waals surface area contributed by atoms with E-state index in [0.29, 0.717) is 30.0 Å². The summed E-state index contributed by atoms with van der Waals surface area (Å²) >= 11 is 5.79. The van der Waals surface area contributed by atoms with Crippen molar-refractivity contribution >= 4 is 17.3 Å². The van der Waals surface area contributed by atoms with Crippen LogP contribution in [0.3, 0.4) is 0 Å². The monoisotopic (exact) mass is 284 g/mol. The number of piperidine rings is 1. The summed E-state index contributed by atoms with van der Waals surface area (Å²) in [5, 5.41) is 21.3. The summed E-state index contributed by atoms with van der Waals surface area (Å²) in [6.45, 7) is 3.83. The molecule has 1 heterocycles. The molecule has 0 spiro atoms. The molecular formula is C13H17ClN2O3. The molecule has 5 nitrogen and oxygen atoms in total. The van der Waals surface area contributed by atoms with Crippen LogP contribution < -0.4 is 0 Å². The standard InChI is InChI=1S/C13H17ClN2O3/c1-13(17)4-6-15(7-5-13)9-10-2-3-11(14)8-12(10)16(18)19/h2-3,8,17H,4-7,9H2,1H3. The number of likely N-dealkylation sites (tertiary alicyclic amines) is 1. The molecule has 1 aromatic carbocycles. The van der Waals surface area contributed by atoms with Crippen LogP contribution in [0.15, 0.2) is 18.2 Å². The van der Waals surface area contributed by atoms with E-state index in [-0.39, 0.29) is 5.69 Å². The quantitative estimate of drug-likeness (QED) is 0.684. The van der Waals surface area contributed by atoms with Crippen LogP contribution >= 0.6 is 11.6 Å². The van der Waals surface area contributed by atoms with Gasteiger partial charge in [0, 0.05) is 36.3 Å². The lowest BCUT2D eigenvalue weighted by Crippen LogP contribution is -2.42. The summed E-state index contributed by atoms with van der Waals surface area (Å²) in [6.07, 6.45) is 1.38. The normalized spacial score (nSPS) is 19.3. The van der Waals surface area contributed by atoms with Crippen molar-refractivity contribution in [2.75, 3.05) is 13.1 Å². The van der Waals surface area contributed by atoms with Crippen molar-refractivity contribution in [3.05, 3.63) is 38.9 Å². The molecular weight excluding hydrogens is 268 g/mol. The van der Waals surface area contributed by atoms with Crippen LogP contribution in [-0.4, -0.2) is 33.6 Å². The Balaban J connectivity index is 2.10. The number of hydrogen-bond acceptors (Lipinski definition) is 4. The van der Waals surface area contributed by atoms with Gasteiger partial charge in [0.15, 0.2) is 0 Å². The first kappa shape index (κ1) is 14.2. The molecule has 0 aromatic heterocycles. The molecule has 1 fully saturated rings. The highest BCUT2D eigenvalue weighted by Gasteiger charge is 2.28. The van der Waals surface area contributed by atoms with E-state index < -0.39 is 10.5 Å². The lowest BCUT2D eigenvalue weighted by molar-refractivity contribution is -0.385. The largest absolute Gasteiger partial charge is 0.390 e. The SMILES string of the molecule is CC1(O)CCN(Cc2ccc(Cl)cc2[N+](=O)[O-])CC1. The van der Waals surface area contributed by atoms with Crippen molar-refractivity contribution in [3.63, 3.8) is 0 Å². The number of nitrogens with zero attached hydrogens (tertiary/aromatic N) is 2. The van der Waals surface area contributed by atoms with Crippen LogP contribution in [0, 0.1) is 10.1 Å². The lowest BCUT2D eigenvalue weighted by Gasteiger charge is -2.35. The number of hydrogen-bond donors (Lipinski definition) is 1. The zero-order chi connectivity index (χ0) is 14.0. The number of nitro groups is 1. The molecule has 2 rings (SSSR count). The van der Waals surface area contributed by atoms with Gasteiger partial charge >= 0.3 is 0 Å². The predicted molar refractivity (Wildman–Crippen MR) is 73.2 cm³/mol. The van der Waals surface area contributed by atoms with E-state index in [4.69, 9.17) is 11.6 Å². The molecule has 6 heteroatoms. The summed E-state index contributed by atoms with van der Waals surface area (Å²) in [6, 6.07) is 4.76. The zero-order valence-corrected chi connectivity index (χ0v) is 11.6. The number of aliphatic hydroxyl groups is 1. The Morgan fingerprint density at radius 1 is 1.47 bits per heavy atom. The molecule has 0 atom stereocenters. The van der Waals surface area contributed by atoms with Crippen molar-refractivity contribution in [3.8, 4) is 0 Å². The number of nitro benzene ring substituents is 1. The molecule has 104 valence electrons. The van der Waals surface area contributed by atoms with E-state index in [0.717, 1.165) is 13.1 Å². The van der Waals surface area contributed by atoms with Gasteiger partial charge in [0.25, 0.3) is 5.69 Å². The topological polar surface area (TPSA) is 66.6 Å². The second kappa shape index (κ2) is 5.45. The predicted octanol–water partition coefficient (Wildman–Crippen LogP) is 2.60. The summed E-state index contributed by atoms with van der Waals surface area (Å²) in [5.74, 6) is 0. The van der Waals surface area contributed by atoms with Crippen LogP contribution in [0.1, 0.15) is 25.3 Å². The van der Waals surface area contributed by atoms with Crippen molar-refractivity contribution in [2.24, 2.45) is 0 Å². The minimum absolute atomic E-state index is 0.0600. The van der Waals surface area contributed by atoms with Crippen molar-refractivity contribution in [2.45, 2.75) is 31.9 Å². The van der Waals surface area contributed by atoms with E-state index in [1.165, 1.54) is 6.07 Å². The van der Waals surface area contributed by atoms with E-state index in [2.05, 4.69) is 4.90 Å². The molecule has 0 radical (unpaired) electrons. The van der Waals surface area contributed by atoms with E-state index in [1.54, 1.807) is 12.1 Å². The molecule has 0 unspecified atom stereocenters. The van der Waals surface area contributed by atoms with Gasteiger partial charge in [0.1, 0.15) is 0 Å². The Morgan fingerprint density at radius 3 is 2.68 bits per heavy atom. The maximum atomic E-state index is 11.0. The summed E-state index contributed by atoms with van der Waals surface area (Å²) in [4.78, 5) is 12.7. The maximum absolute atomic E-state index is 11.0. The third-order valence-electron chi connectivity index (χ3n) is 3.57. The van der Waals surface area contributed by atoms with Gasteiger partial charge in [-0.3, -0.25) is 15.0 Å². The highest BCUT2D eigenvalue weighted by Crippen LogP contribution is 2.27. The van der Waals surface area contributed by atoms with E-state index >= 15 is 0 Å². The summed E-state index contributed by atoms with van der Waals surface area (Å²) in [7, 11) is 0. The van der Waals surface area contributed by atoms with Gasteiger partial charge in [-0.1, -0.05) is 11.6 Å². The Hall–Kier alpha value is -1.17. The van der Waals surface area contributed by atoms with Gasteiger partial charge in [0.2, 0.25) is 0 Å². The fourth-order valence-electron chi connectivity index (χ4n) is 2.27. The van der Waals surface area contributed by atoms with Gasteiger partial charge in [-0.25, -0.2) is 0 Å². The molecule has 0 amide bonds. The zero-order valence-electron chi connectivity index (χ0n) is 10.8. The van der Waals surface area contributed by atoms with Crippen LogP contribution in [0.2, 0.25) is 5.02 Å². The van der Waals surface area contributed by atoms with Crippen molar-refractivity contribution in [1.82, 2.24) is 4.90 Å². The highest BCUT2D eigenvalue weighted by molar-refractivity contribution is 6.30. The first-order valence-electron chi connectivity index (χ1n) is 6.25. The molecule has 1 N–H and O–H groups in total. The van der Waals surface area contributed by atoms with Crippen molar-refractivity contribution < 1.29 is 10.0 Å². The molecule has 1 saturated heterocycles. The average Bonchev–Trinajstić information content (AvgIpc) is 2.33. The van der Waals surface area contributed by atoms with Crippen LogP contribution in [-0.2, 0) is 6.54 Å². The van der Waals surface area contributed by atoms with E-state index in [9.17, 15) is 15.2 Å². The second-order valence-electron chi connectivity index (χ2n) is 5.30. The molecule has 0 aliphatic carbocycles. The average molecular weight is 285 g/mol. The fourth-order valence-corrected chi connectivity index (χ4v) is 2.44. The summed E-state index contributed by atoms with van der Waals surface area (Å²) < 4.78 is 0. The minimum Gasteiger partial charge on any atom is -0.390 e. The Labute approximate surface area is 116 Å². The molecule has 1 aliphatic heterocycles. The minimum atomic E-state index is -0.609. The van der Waals surface area contributed by atoms with Gasteiger partial charge in [-0.15, -0.1) is 0 Å². The third-order valence-corrected chi connectivity index (χ3v) is 3.81. The third kappa shape index (κ3) is 3.65. The Kier molecular flexibility index (Phi) is 4.08. The Bertz CT molecular complexity index is 481. The van der Waals surface area contributed by atoms with Gasteiger partial charge in [0.05, 0.1) is 10.5 Å². The fraction of sp³-hybridized carbons (Fsp3) is 0.538. The van der Waals surface area contributed by atoms with Gasteiger partial charge < -0.3 is 5.11 Å². The molecule has 19 heavy (non-hydrogen) atoms. The van der Waals surface area contributed by atoms with Crippen LogP contribution in [0.4, 0.5) is 5.69 Å². The van der Waals surface area contributed by atoms with Gasteiger partial charge in [-0.2, -0.15) is 0 Å². The smallest absolute Gasteiger partial charge is 0.275 e. The molecule has 0 bridgehead atoms. The second-order valence-corrected chi connectivity index (χ2v) is 5.74. The van der Waals surface area contributed by atoms with Crippen LogP contribution in [0.25, 0.3) is 0 Å².